The molecule has 408 valence electrons. The molecule has 6 aliphatic heterocycles. The van der Waals surface area contributed by atoms with Crippen LogP contribution in [-0.2, 0) is 44.9 Å². The highest BCUT2D eigenvalue weighted by Gasteiger charge is 2.54. The van der Waals surface area contributed by atoms with E-state index in [9.17, 15) is 32.4 Å². The minimum absolute atomic E-state index is 0.00564. The van der Waals surface area contributed by atoms with Gasteiger partial charge in [0.1, 0.15) is 39.5 Å². The average Bonchev–Trinajstić information content (AvgIpc) is 3.56. The van der Waals surface area contributed by atoms with Crippen molar-refractivity contribution < 1.29 is 46.6 Å². The maximum absolute atomic E-state index is 13.0. The Morgan fingerprint density at radius 2 is 0.974 bits per heavy atom. The lowest BCUT2D eigenvalue weighted by molar-refractivity contribution is -0.129. The van der Waals surface area contributed by atoms with Crippen molar-refractivity contribution in [2.75, 3.05) is 116 Å². The van der Waals surface area contributed by atoms with E-state index >= 15 is 0 Å². The number of fused-ring (bicyclic) bond motifs is 9. The van der Waals surface area contributed by atoms with Crippen molar-refractivity contribution in [2.24, 2.45) is 0 Å². The molecule has 0 spiro atoms. The minimum Gasteiger partial charge on any atom is -0.377 e. The summed E-state index contributed by atoms with van der Waals surface area (Å²) in [5.74, 6) is 2.37. The van der Waals surface area contributed by atoms with E-state index in [1.165, 1.54) is 11.1 Å². The first-order valence-electron chi connectivity index (χ1n) is 25.3. The second-order valence-electron chi connectivity index (χ2n) is 19.2. The van der Waals surface area contributed by atoms with Crippen LogP contribution in [0, 0.1) is 0 Å². The van der Waals surface area contributed by atoms with Crippen LogP contribution >= 0.6 is 11.6 Å². The van der Waals surface area contributed by atoms with Crippen molar-refractivity contribution in [3.8, 4) is 0 Å². The van der Waals surface area contributed by atoms with Gasteiger partial charge in [-0.1, -0.05) is 81.4 Å². The number of likely N-dealkylation sites (N-methyl/N-ethyl adjacent to an activating group) is 3. The molecule has 24 heteroatoms. The first kappa shape index (κ1) is 56.2. The van der Waals surface area contributed by atoms with Gasteiger partial charge in [0, 0.05) is 58.2 Å². The predicted molar refractivity (Wildman–Crippen MR) is 289 cm³/mol. The normalized spacial score (nSPS) is 22.2. The SMILES string of the molecule is CC(=O)c1ccccc1.CCC12COCCN1c1nc(CC(=O)c3ccccc3)ncc1N(C)C2=O.CCC12COCCN1c1nc(Cl)ncc1N(C)C2=O.CCC12COCCN1c1nc(S(C)(=O)=O)ncc1N(C)C2=O. The summed E-state index contributed by atoms with van der Waals surface area (Å²) in [6.07, 6.45) is 7.66. The topological polar surface area (TPSA) is 244 Å². The van der Waals surface area contributed by atoms with Crippen LogP contribution < -0.4 is 29.4 Å². The number of amides is 3. The molecule has 6 aliphatic rings. The average molecular weight is 1100 g/mol. The van der Waals surface area contributed by atoms with Gasteiger partial charge in [-0.15, -0.1) is 0 Å². The number of rotatable bonds is 8. The maximum atomic E-state index is 13.0. The van der Waals surface area contributed by atoms with Crippen LogP contribution in [0.2, 0.25) is 5.28 Å². The number of ketones is 2. The Kier molecular flexibility index (Phi) is 16.7. The molecule has 0 N–H and O–H groups in total. The number of carbonyl (C=O) groups is 5. The van der Waals surface area contributed by atoms with Gasteiger partial charge in [-0.2, -0.15) is 9.97 Å². The van der Waals surface area contributed by atoms with Gasteiger partial charge in [0.2, 0.25) is 20.3 Å². The van der Waals surface area contributed by atoms with Crippen molar-refractivity contribution in [1.29, 1.82) is 0 Å². The van der Waals surface area contributed by atoms with Crippen LogP contribution in [0.1, 0.15) is 73.5 Å². The lowest BCUT2D eigenvalue weighted by Crippen LogP contribution is -2.68. The minimum atomic E-state index is -3.52. The summed E-state index contributed by atoms with van der Waals surface area (Å²) in [6, 6.07) is 18.4. The van der Waals surface area contributed by atoms with E-state index in [2.05, 4.69) is 29.9 Å². The van der Waals surface area contributed by atoms with Gasteiger partial charge >= 0.3 is 0 Å². The van der Waals surface area contributed by atoms with Gasteiger partial charge in [0.25, 0.3) is 17.7 Å². The molecule has 0 bridgehead atoms. The van der Waals surface area contributed by atoms with E-state index in [4.69, 9.17) is 25.8 Å². The lowest BCUT2D eigenvalue weighted by Gasteiger charge is -2.51. The molecule has 77 heavy (non-hydrogen) atoms. The van der Waals surface area contributed by atoms with Gasteiger partial charge in [-0.3, -0.25) is 24.0 Å². The molecule has 5 aromatic rings. The van der Waals surface area contributed by atoms with Gasteiger partial charge in [-0.25, -0.2) is 28.4 Å². The van der Waals surface area contributed by atoms with Gasteiger partial charge in [0.05, 0.1) is 64.7 Å². The molecule has 3 atom stereocenters. The Bertz CT molecular complexity index is 3160. The van der Waals surface area contributed by atoms with Gasteiger partial charge in [-0.05, 0) is 37.8 Å². The molecule has 9 heterocycles. The van der Waals surface area contributed by atoms with Gasteiger partial charge < -0.3 is 43.6 Å². The van der Waals surface area contributed by atoms with E-state index in [-0.39, 0.29) is 52.8 Å². The molecule has 3 fully saturated rings. The van der Waals surface area contributed by atoms with Crippen LogP contribution in [0.5, 0.6) is 0 Å². The van der Waals surface area contributed by atoms with E-state index in [1.807, 2.05) is 84.0 Å². The fourth-order valence-corrected chi connectivity index (χ4v) is 11.0. The molecule has 0 aliphatic carbocycles. The molecule has 0 radical (unpaired) electrons. The Labute approximate surface area is 452 Å². The van der Waals surface area contributed by atoms with Crippen LogP contribution in [0.25, 0.3) is 0 Å². The quantitative estimate of drug-likeness (QED) is 0.151. The number of morpholine rings is 3. The zero-order chi connectivity index (χ0) is 55.5. The highest BCUT2D eigenvalue weighted by atomic mass is 35.5. The van der Waals surface area contributed by atoms with Crippen molar-refractivity contribution >= 4 is 85.2 Å². The molecular formula is C53H63ClN12O10S. The van der Waals surface area contributed by atoms with Crippen LogP contribution in [0.4, 0.5) is 34.5 Å². The van der Waals surface area contributed by atoms with Crippen molar-refractivity contribution in [3.63, 3.8) is 0 Å². The van der Waals surface area contributed by atoms with Crippen LogP contribution in [-0.4, -0.2) is 171 Å². The fourth-order valence-electron chi connectivity index (χ4n) is 10.3. The third-order valence-corrected chi connectivity index (χ3v) is 15.9. The zero-order valence-corrected chi connectivity index (χ0v) is 46.0. The third-order valence-electron chi connectivity index (χ3n) is 14.8. The number of nitrogens with zero attached hydrogens (tertiary/aromatic N) is 12. The molecule has 3 unspecified atom stereocenters. The number of Topliss-reactive ketones (excluding diaryl/α,β-unsaturated/α-hetero) is 2. The number of sulfone groups is 1. The second kappa shape index (κ2) is 22.9. The predicted octanol–water partition coefficient (Wildman–Crippen LogP) is 4.69. The zero-order valence-electron chi connectivity index (χ0n) is 44.4. The number of hydrogen-bond donors (Lipinski definition) is 0. The molecule has 11 rings (SSSR count). The Morgan fingerprint density at radius 1 is 0.584 bits per heavy atom. The lowest BCUT2D eigenvalue weighted by atomic mass is 9.89. The van der Waals surface area contributed by atoms with E-state index < -0.39 is 26.5 Å². The molecular weight excluding hydrogens is 1030 g/mol. The van der Waals surface area contributed by atoms with E-state index in [1.54, 1.807) is 62.4 Å². The first-order chi connectivity index (χ1) is 36.8. The maximum Gasteiger partial charge on any atom is 0.255 e. The van der Waals surface area contributed by atoms with E-state index in [0.29, 0.717) is 118 Å². The van der Waals surface area contributed by atoms with Crippen molar-refractivity contribution in [1.82, 2.24) is 29.9 Å². The molecule has 3 saturated heterocycles. The van der Waals surface area contributed by atoms with E-state index in [0.717, 1.165) is 11.8 Å². The first-order valence-corrected chi connectivity index (χ1v) is 27.6. The standard InChI is InChI=1S/C20H22N4O3.C13H18N4O4S.C12H15ClN4O2.C8H8O/c1-3-20-13-27-10-9-24(20)18-15(23(2)19(20)26)12-21-17(22-18)11-16(25)14-7-5-4-6-8-14;1-4-13-8-21-6-5-17(13)10-9(16(2)11(13)18)7-14-12(15-10)22(3,19)20;1-3-12-7-19-5-4-17(12)9-8(16(2)10(12)18)6-14-11(13)15-9;1-7(9)8-5-3-2-4-6-8/h4-8,12H,3,9-11,13H2,1-2H3;7H,4-6,8H2,1-3H3;6H,3-5,7H2,1-2H3;2-6H,1H3. The molecule has 0 saturated carbocycles. The molecule has 22 nitrogen and oxygen atoms in total. The van der Waals surface area contributed by atoms with Gasteiger partial charge in [0.15, 0.2) is 29.0 Å². The largest absolute Gasteiger partial charge is 0.377 e. The summed E-state index contributed by atoms with van der Waals surface area (Å²) in [5.41, 5.74) is 1.05. The fraction of sp³-hybridized carbons (Fsp3) is 0.453. The number of aromatic nitrogens is 6. The van der Waals surface area contributed by atoms with Crippen LogP contribution in [0.15, 0.2) is 84.4 Å². The number of anilines is 6. The summed E-state index contributed by atoms with van der Waals surface area (Å²) in [4.78, 5) is 97.7. The second-order valence-corrected chi connectivity index (χ2v) is 21.5. The third kappa shape index (κ3) is 10.6. The van der Waals surface area contributed by atoms with Crippen LogP contribution in [0.3, 0.4) is 0 Å². The van der Waals surface area contributed by atoms with Crippen molar-refractivity contribution in [2.45, 2.75) is 75.2 Å². The smallest absolute Gasteiger partial charge is 0.255 e. The van der Waals surface area contributed by atoms with Crippen molar-refractivity contribution in [3.05, 3.63) is 101 Å². The summed E-state index contributed by atoms with van der Waals surface area (Å²) in [7, 11) is 1.61. The highest BCUT2D eigenvalue weighted by molar-refractivity contribution is 7.90. The number of carbonyl (C=O) groups excluding carboxylic acids is 5. The Hall–Kier alpha value is -7.05. The number of hydrogen-bond acceptors (Lipinski definition) is 19. The Morgan fingerprint density at radius 3 is 1.38 bits per heavy atom. The summed E-state index contributed by atoms with van der Waals surface area (Å²) in [5, 5.41) is -0.0384. The number of benzene rings is 2. The molecule has 3 aromatic heterocycles. The summed E-state index contributed by atoms with van der Waals surface area (Å²) >= 11 is 5.90. The number of ether oxygens (including phenoxy) is 3. The molecule has 3 amide bonds. The highest BCUT2D eigenvalue weighted by Crippen LogP contribution is 2.44. The molecule has 2 aromatic carbocycles. The summed E-state index contributed by atoms with van der Waals surface area (Å²) < 4.78 is 40.1. The monoisotopic (exact) mass is 1090 g/mol. The Balaban J connectivity index is 0.000000143. The number of halogens is 1. The summed E-state index contributed by atoms with van der Waals surface area (Å²) in [6.45, 7) is 11.7.